The van der Waals surface area contributed by atoms with Crippen LogP contribution in [0.1, 0.15) is 5.56 Å². The Morgan fingerprint density at radius 1 is 1.05 bits per heavy atom. The lowest BCUT2D eigenvalue weighted by molar-refractivity contribution is 0.273. The first-order valence-corrected chi connectivity index (χ1v) is 6.91. The number of hydrogen-bond donors (Lipinski definition) is 0. The van der Waals surface area contributed by atoms with E-state index in [0.717, 1.165) is 21.9 Å². The van der Waals surface area contributed by atoms with Crippen molar-refractivity contribution in [1.82, 2.24) is 4.98 Å². The summed E-state index contributed by atoms with van der Waals surface area (Å²) in [7, 11) is 0. The van der Waals surface area contributed by atoms with Gasteiger partial charge in [0.05, 0.1) is 0 Å². The molecular weight excluding hydrogens is 265 g/mol. The third-order valence-corrected chi connectivity index (χ3v) is 3.51. The van der Waals surface area contributed by atoms with E-state index in [0.29, 0.717) is 5.75 Å². The quantitative estimate of drug-likeness (QED) is 0.699. The van der Waals surface area contributed by atoms with Crippen LogP contribution in [-0.2, 0) is 0 Å². The zero-order chi connectivity index (χ0) is 14.7. The lowest BCUT2D eigenvalue weighted by atomic mass is 9.99. The highest BCUT2D eigenvalue weighted by atomic mass is 19.1. The number of hydrogen-bond acceptors (Lipinski definition) is 2. The maximum Gasteiger partial charge on any atom is 0.123 e. The van der Waals surface area contributed by atoms with Crippen LogP contribution in [0.5, 0.6) is 5.75 Å². The van der Waals surface area contributed by atoms with E-state index in [2.05, 4.69) is 30.1 Å². The summed E-state index contributed by atoms with van der Waals surface area (Å²) in [6.07, 6.45) is 3.68. The normalized spacial score (nSPS) is 10.8. The standard InChI is InChI=1S/C18H16FNO/c1-13-6-8-20-12-18(13)16-3-2-15-11-17(21-9-7-19)5-4-14(15)10-16/h2-6,8,10-12H,7,9H2,1H3. The van der Waals surface area contributed by atoms with Crippen molar-refractivity contribution in [1.29, 1.82) is 0 Å². The third-order valence-electron chi connectivity index (χ3n) is 3.51. The fourth-order valence-electron chi connectivity index (χ4n) is 2.40. The predicted octanol–water partition coefficient (Wildman–Crippen LogP) is 4.56. The molecule has 0 spiro atoms. The Labute approximate surface area is 123 Å². The van der Waals surface area contributed by atoms with Crippen LogP contribution in [0.3, 0.4) is 0 Å². The van der Waals surface area contributed by atoms with Crippen LogP contribution in [0, 0.1) is 6.92 Å². The minimum Gasteiger partial charge on any atom is -0.491 e. The molecule has 0 saturated carbocycles. The van der Waals surface area contributed by atoms with Gasteiger partial charge >= 0.3 is 0 Å². The van der Waals surface area contributed by atoms with E-state index in [1.165, 1.54) is 5.56 Å². The Balaban J connectivity index is 1.99. The number of alkyl halides is 1. The molecule has 0 atom stereocenters. The Hall–Kier alpha value is -2.42. The Morgan fingerprint density at radius 2 is 1.86 bits per heavy atom. The molecule has 3 rings (SSSR count). The highest BCUT2D eigenvalue weighted by Gasteiger charge is 2.04. The zero-order valence-electron chi connectivity index (χ0n) is 11.8. The third kappa shape index (κ3) is 2.87. The summed E-state index contributed by atoms with van der Waals surface area (Å²) in [6.45, 7) is 1.70. The Bertz CT molecular complexity index is 770. The smallest absolute Gasteiger partial charge is 0.123 e. The van der Waals surface area contributed by atoms with Gasteiger partial charge in [0.2, 0.25) is 0 Å². The van der Waals surface area contributed by atoms with Crippen LogP contribution < -0.4 is 4.74 Å². The molecule has 0 radical (unpaired) electrons. The summed E-state index contributed by atoms with van der Waals surface area (Å²) in [6, 6.07) is 14.1. The monoisotopic (exact) mass is 281 g/mol. The van der Waals surface area contributed by atoms with Crippen LogP contribution in [-0.4, -0.2) is 18.3 Å². The molecule has 2 nitrogen and oxygen atoms in total. The highest BCUT2D eigenvalue weighted by Crippen LogP contribution is 2.28. The lowest BCUT2D eigenvalue weighted by Crippen LogP contribution is -1.98. The van der Waals surface area contributed by atoms with E-state index in [-0.39, 0.29) is 6.61 Å². The van der Waals surface area contributed by atoms with Crippen molar-refractivity contribution in [2.45, 2.75) is 6.92 Å². The number of benzene rings is 2. The van der Waals surface area contributed by atoms with E-state index < -0.39 is 6.67 Å². The molecular formula is C18H16FNO. The topological polar surface area (TPSA) is 22.1 Å². The van der Waals surface area contributed by atoms with Gasteiger partial charge in [0.15, 0.2) is 0 Å². The van der Waals surface area contributed by atoms with Crippen molar-refractivity contribution in [3.05, 3.63) is 60.4 Å². The maximum atomic E-state index is 12.1. The van der Waals surface area contributed by atoms with Crippen molar-refractivity contribution in [2.24, 2.45) is 0 Å². The first kappa shape index (κ1) is 13.6. The number of ether oxygens (including phenoxy) is 1. The Morgan fingerprint density at radius 3 is 2.67 bits per heavy atom. The predicted molar refractivity (Wildman–Crippen MR) is 83.4 cm³/mol. The van der Waals surface area contributed by atoms with Crippen molar-refractivity contribution in [2.75, 3.05) is 13.3 Å². The van der Waals surface area contributed by atoms with Crippen LogP contribution in [0.15, 0.2) is 54.9 Å². The molecule has 0 aliphatic heterocycles. The molecule has 0 aliphatic carbocycles. The summed E-state index contributed by atoms with van der Waals surface area (Å²) in [5.74, 6) is 0.699. The first-order chi connectivity index (χ1) is 10.3. The minimum atomic E-state index is -0.475. The number of aryl methyl sites for hydroxylation is 1. The van der Waals surface area contributed by atoms with Crippen molar-refractivity contribution in [3.8, 4) is 16.9 Å². The average molecular weight is 281 g/mol. The lowest BCUT2D eigenvalue weighted by Gasteiger charge is -2.08. The molecule has 0 saturated heterocycles. The molecule has 3 heteroatoms. The number of pyridine rings is 1. The summed E-state index contributed by atoms with van der Waals surface area (Å²) in [5.41, 5.74) is 3.48. The summed E-state index contributed by atoms with van der Waals surface area (Å²) in [5, 5.41) is 2.21. The number of rotatable bonds is 4. The molecule has 21 heavy (non-hydrogen) atoms. The molecule has 0 N–H and O–H groups in total. The molecule has 0 unspecified atom stereocenters. The van der Waals surface area contributed by atoms with Crippen molar-refractivity contribution < 1.29 is 9.13 Å². The van der Waals surface area contributed by atoms with E-state index >= 15 is 0 Å². The molecule has 1 heterocycles. The van der Waals surface area contributed by atoms with E-state index in [1.54, 1.807) is 6.20 Å². The SMILES string of the molecule is Cc1ccncc1-c1ccc2cc(OCCF)ccc2c1. The van der Waals surface area contributed by atoms with E-state index in [1.807, 2.05) is 30.5 Å². The molecule has 1 aromatic heterocycles. The summed E-state index contributed by atoms with van der Waals surface area (Å²) in [4.78, 5) is 4.19. The number of fused-ring (bicyclic) bond motifs is 1. The van der Waals surface area contributed by atoms with E-state index in [4.69, 9.17) is 4.74 Å². The molecule has 0 fully saturated rings. The first-order valence-electron chi connectivity index (χ1n) is 6.91. The molecule has 3 aromatic rings. The molecule has 2 aromatic carbocycles. The van der Waals surface area contributed by atoms with Gasteiger partial charge in [-0.1, -0.05) is 18.2 Å². The van der Waals surface area contributed by atoms with Gasteiger partial charge in [0, 0.05) is 18.0 Å². The van der Waals surface area contributed by atoms with Crippen molar-refractivity contribution in [3.63, 3.8) is 0 Å². The minimum absolute atomic E-state index is 0.0957. The van der Waals surface area contributed by atoms with Crippen LogP contribution in [0.25, 0.3) is 21.9 Å². The molecule has 0 amide bonds. The fraction of sp³-hybridized carbons (Fsp3) is 0.167. The van der Waals surface area contributed by atoms with Gasteiger partial charge in [0.25, 0.3) is 0 Å². The fourth-order valence-corrected chi connectivity index (χ4v) is 2.40. The second-order valence-electron chi connectivity index (χ2n) is 4.95. The van der Waals surface area contributed by atoms with Gasteiger partial charge in [-0.15, -0.1) is 0 Å². The number of halogens is 1. The maximum absolute atomic E-state index is 12.1. The van der Waals surface area contributed by atoms with Crippen LogP contribution >= 0.6 is 0 Å². The average Bonchev–Trinajstić information content (AvgIpc) is 2.53. The van der Waals surface area contributed by atoms with Gasteiger partial charge < -0.3 is 4.74 Å². The van der Waals surface area contributed by atoms with Gasteiger partial charge in [-0.05, 0) is 53.1 Å². The van der Waals surface area contributed by atoms with Gasteiger partial charge in [0.1, 0.15) is 19.0 Å². The molecule has 106 valence electrons. The Kier molecular flexibility index (Phi) is 3.82. The molecule has 0 aliphatic rings. The van der Waals surface area contributed by atoms with Crippen LogP contribution in [0.2, 0.25) is 0 Å². The molecule has 0 bridgehead atoms. The zero-order valence-corrected chi connectivity index (χ0v) is 11.8. The largest absolute Gasteiger partial charge is 0.491 e. The second kappa shape index (κ2) is 5.92. The van der Waals surface area contributed by atoms with Gasteiger partial charge in [-0.3, -0.25) is 4.98 Å². The highest BCUT2D eigenvalue weighted by molar-refractivity contribution is 5.88. The second-order valence-corrected chi connectivity index (χ2v) is 4.95. The van der Waals surface area contributed by atoms with Crippen molar-refractivity contribution >= 4 is 10.8 Å². The van der Waals surface area contributed by atoms with E-state index in [9.17, 15) is 4.39 Å². The summed E-state index contributed by atoms with van der Waals surface area (Å²) < 4.78 is 17.5. The summed E-state index contributed by atoms with van der Waals surface area (Å²) >= 11 is 0. The van der Waals surface area contributed by atoms with Gasteiger partial charge in [-0.2, -0.15) is 0 Å². The number of aromatic nitrogens is 1. The van der Waals surface area contributed by atoms with Gasteiger partial charge in [-0.25, -0.2) is 4.39 Å². The number of nitrogens with zero attached hydrogens (tertiary/aromatic N) is 1. The van der Waals surface area contributed by atoms with Crippen LogP contribution in [0.4, 0.5) is 4.39 Å².